The summed E-state index contributed by atoms with van der Waals surface area (Å²) in [6, 6.07) is 7.02. The van der Waals surface area contributed by atoms with Crippen LogP contribution in [0.2, 0.25) is 0 Å². The summed E-state index contributed by atoms with van der Waals surface area (Å²) in [7, 11) is 0. The number of rotatable bonds is 8. The molecule has 2 N–H and O–H groups in total. The number of hydrogen-bond acceptors (Lipinski definition) is 4. The Hall–Kier alpha value is -2.37. The van der Waals surface area contributed by atoms with Crippen LogP contribution in [0.15, 0.2) is 24.3 Å². The molecule has 2 aliphatic carbocycles. The van der Waals surface area contributed by atoms with Gasteiger partial charge in [-0.3, -0.25) is 14.4 Å². The van der Waals surface area contributed by atoms with Gasteiger partial charge in [-0.05, 0) is 43.4 Å². The smallest absolute Gasteiger partial charge is 0.306 e. The number of carbonyl (C=O) groups excluding carboxylic acids is 3. The first-order chi connectivity index (χ1) is 12.6. The first kappa shape index (κ1) is 18.4. The SMILES string of the molecule is O=C(COC(=O)CCC1CCCC1)Nc1cccc(C(=O)NC2CC2)c1. The van der Waals surface area contributed by atoms with Crippen molar-refractivity contribution in [3.63, 3.8) is 0 Å². The number of ether oxygens (including phenoxy) is 1. The minimum atomic E-state index is -0.404. The van der Waals surface area contributed by atoms with Crippen molar-refractivity contribution in [1.82, 2.24) is 5.32 Å². The quantitative estimate of drug-likeness (QED) is 0.700. The van der Waals surface area contributed by atoms with Crippen molar-refractivity contribution in [2.75, 3.05) is 11.9 Å². The lowest BCUT2D eigenvalue weighted by Gasteiger charge is -2.10. The maximum Gasteiger partial charge on any atom is 0.306 e. The molecule has 0 heterocycles. The van der Waals surface area contributed by atoms with Gasteiger partial charge in [0.1, 0.15) is 0 Å². The molecular formula is C20H26N2O4. The summed E-state index contributed by atoms with van der Waals surface area (Å²) in [5.41, 5.74) is 1.02. The highest BCUT2D eigenvalue weighted by Gasteiger charge is 2.24. The van der Waals surface area contributed by atoms with Crippen molar-refractivity contribution >= 4 is 23.5 Å². The van der Waals surface area contributed by atoms with Crippen LogP contribution in [-0.2, 0) is 14.3 Å². The summed E-state index contributed by atoms with van der Waals surface area (Å²) >= 11 is 0. The normalized spacial score (nSPS) is 16.9. The fourth-order valence-corrected chi connectivity index (χ4v) is 3.27. The zero-order valence-electron chi connectivity index (χ0n) is 15.0. The molecule has 1 aromatic carbocycles. The number of amides is 2. The summed E-state index contributed by atoms with van der Waals surface area (Å²) in [5.74, 6) is -0.244. The Morgan fingerprint density at radius 2 is 1.85 bits per heavy atom. The van der Waals surface area contributed by atoms with Crippen molar-refractivity contribution in [2.24, 2.45) is 5.92 Å². The topological polar surface area (TPSA) is 84.5 Å². The molecule has 0 unspecified atom stereocenters. The van der Waals surface area contributed by atoms with Gasteiger partial charge in [0, 0.05) is 23.7 Å². The molecule has 6 nitrogen and oxygen atoms in total. The van der Waals surface area contributed by atoms with Crippen LogP contribution >= 0.6 is 0 Å². The van der Waals surface area contributed by atoms with Crippen molar-refractivity contribution in [2.45, 2.75) is 57.4 Å². The average molecular weight is 358 g/mol. The van der Waals surface area contributed by atoms with Gasteiger partial charge < -0.3 is 15.4 Å². The Balaban J connectivity index is 1.39. The Labute approximate surface area is 153 Å². The molecule has 1 aromatic rings. The number of esters is 1. The molecule has 0 atom stereocenters. The molecule has 140 valence electrons. The molecular weight excluding hydrogens is 332 g/mol. The number of anilines is 1. The minimum Gasteiger partial charge on any atom is -0.456 e. The van der Waals surface area contributed by atoms with Gasteiger partial charge in [-0.2, -0.15) is 0 Å². The zero-order chi connectivity index (χ0) is 18.4. The van der Waals surface area contributed by atoms with E-state index in [1.54, 1.807) is 24.3 Å². The number of benzene rings is 1. The fourth-order valence-electron chi connectivity index (χ4n) is 3.27. The van der Waals surface area contributed by atoms with Crippen LogP contribution < -0.4 is 10.6 Å². The van der Waals surface area contributed by atoms with Crippen LogP contribution in [0.5, 0.6) is 0 Å². The van der Waals surface area contributed by atoms with Gasteiger partial charge >= 0.3 is 5.97 Å². The maximum atomic E-state index is 12.0. The molecule has 2 amide bonds. The van der Waals surface area contributed by atoms with Crippen molar-refractivity contribution in [1.29, 1.82) is 0 Å². The van der Waals surface area contributed by atoms with Crippen molar-refractivity contribution < 1.29 is 19.1 Å². The van der Waals surface area contributed by atoms with E-state index in [4.69, 9.17) is 4.74 Å². The third kappa shape index (κ3) is 5.86. The fraction of sp³-hybridized carbons (Fsp3) is 0.550. The summed E-state index contributed by atoms with van der Waals surface area (Å²) in [4.78, 5) is 35.7. The molecule has 3 rings (SSSR count). The lowest BCUT2D eigenvalue weighted by Crippen LogP contribution is -2.25. The molecule has 0 aromatic heterocycles. The van der Waals surface area contributed by atoms with E-state index in [1.807, 2.05) is 0 Å². The average Bonchev–Trinajstić information content (AvgIpc) is 3.29. The van der Waals surface area contributed by atoms with E-state index in [1.165, 1.54) is 25.7 Å². The van der Waals surface area contributed by atoms with E-state index in [0.717, 1.165) is 19.3 Å². The monoisotopic (exact) mass is 358 g/mol. The van der Waals surface area contributed by atoms with Crippen LogP contribution in [0.4, 0.5) is 5.69 Å². The summed E-state index contributed by atoms with van der Waals surface area (Å²) < 4.78 is 5.04. The second-order valence-corrected chi connectivity index (χ2v) is 7.23. The van der Waals surface area contributed by atoms with Crippen LogP contribution in [0.1, 0.15) is 61.7 Å². The van der Waals surface area contributed by atoms with Gasteiger partial charge in [0.2, 0.25) is 0 Å². The molecule has 2 aliphatic rings. The summed E-state index contributed by atoms with van der Waals surface area (Å²) in [6.45, 7) is -0.304. The molecule has 0 aliphatic heterocycles. The predicted molar refractivity (Wildman–Crippen MR) is 97.7 cm³/mol. The van der Waals surface area contributed by atoms with Gasteiger partial charge in [0.05, 0.1) is 0 Å². The van der Waals surface area contributed by atoms with Crippen molar-refractivity contribution in [3.8, 4) is 0 Å². The largest absolute Gasteiger partial charge is 0.456 e. The van der Waals surface area contributed by atoms with Gasteiger partial charge in [-0.25, -0.2) is 0 Å². The van der Waals surface area contributed by atoms with E-state index in [-0.39, 0.29) is 24.5 Å². The zero-order valence-corrected chi connectivity index (χ0v) is 15.0. The third-order valence-electron chi connectivity index (χ3n) is 4.92. The minimum absolute atomic E-state index is 0.137. The Morgan fingerprint density at radius 1 is 1.08 bits per heavy atom. The van der Waals surface area contributed by atoms with Gasteiger partial charge in [-0.1, -0.05) is 31.7 Å². The van der Waals surface area contributed by atoms with Crippen LogP contribution in [-0.4, -0.2) is 30.4 Å². The van der Waals surface area contributed by atoms with E-state index in [2.05, 4.69) is 10.6 Å². The summed E-state index contributed by atoms with van der Waals surface area (Å²) in [6.07, 6.45) is 8.15. The highest BCUT2D eigenvalue weighted by Crippen LogP contribution is 2.28. The first-order valence-electron chi connectivity index (χ1n) is 9.46. The number of hydrogen-bond donors (Lipinski definition) is 2. The molecule has 0 spiro atoms. The van der Waals surface area contributed by atoms with E-state index in [9.17, 15) is 14.4 Å². The van der Waals surface area contributed by atoms with Crippen molar-refractivity contribution in [3.05, 3.63) is 29.8 Å². The van der Waals surface area contributed by atoms with Crippen LogP contribution in [0, 0.1) is 5.92 Å². The van der Waals surface area contributed by atoms with Crippen LogP contribution in [0.25, 0.3) is 0 Å². The molecule has 0 bridgehead atoms. The van der Waals surface area contributed by atoms with Gasteiger partial charge in [0.25, 0.3) is 11.8 Å². The highest BCUT2D eigenvalue weighted by atomic mass is 16.5. The van der Waals surface area contributed by atoms with E-state index >= 15 is 0 Å². The first-order valence-corrected chi connectivity index (χ1v) is 9.46. The second-order valence-electron chi connectivity index (χ2n) is 7.23. The molecule has 26 heavy (non-hydrogen) atoms. The lowest BCUT2D eigenvalue weighted by molar-refractivity contribution is -0.147. The Bertz CT molecular complexity index is 664. The molecule has 0 saturated heterocycles. The lowest BCUT2D eigenvalue weighted by atomic mass is 10.0. The Kier molecular flexibility index (Phi) is 6.26. The van der Waals surface area contributed by atoms with E-state index in [0.29, 0.717) is 23.6 Å². The molecule has 2 fully saturated rings. The Morgan fingerprint density at radius 3 is 2.58 bits per heavy atom. The predicted octanol–water partition coefficient (Wildman–Crippen LogP) is 3.03. The maximum absolute atomic E-state index is 12.0. The molecule has 2 saturated carbocycles. The molecule has 6 heteroatoms. The summed E-state index contributed by atoms with van der Waals surface area (Å²) in [5, 5.41) is 5.57. The van der Waals surface area contributed by atoms with Crippen LogP contribution in [0.3, 0.4) is 0 Å². The van der Waals surface area contributed by atoms with Gasteiger partial charge in [-0.15, -0.1) is 0 Å². The number of nitrogens with one attached hydrogen (secondary N) is 2. The highest BCUT2D eigenvalue weighted by molar-refractivity contribution is 5.98. The van der Waals surface area contributed by atoms with Gasteiger partial charge in [0.15, 0.2) is 6.61 Å². The third-order valence-corrected chi connectivity index (χ3v) is 4.92. The van der Waals surface area contributed by atoms with E-state index < -0.39 is 5.91 Å². The number of carbonyl (C=O) groups is 3. The standard InChI is InChI=1S/C20H26N2O4/c23-18(13-26-19(24)11-8-14-4-1-2-5-14)21-17-7-3-6-15(12-17)20(25)22-16-9-10-16/h3,6-7,12,14,16H,1-2,4-5,8-11,13H2,(H,21,23)(H,22,25). The molecule has 0 radical (unpaired) electrons. The second kappa shape index (κ2) is 8.83.